The maximum Gasteiger partial charge on any atom is 0.136 e. The van der Waals surface area contributed by atoms with Crippen molar-refractivity contribution in [3.8, 4) is 0 Å². The van der Waals surface area contributed by atoms with E-state index in [0.29, 0.717) is 42.8 Å². The van der Waals surface area contributed by atoms with Crippen LogP contribution in [0.15, 0.2) is 47.6 Å². The fourth-order valence-electron chi connectivity index (χ4n) is 9.78. The minimum Gasteiger partial charge on any atom is -0.393 e. The molecule has 0 bridgehead atoms. The Bertz CT molecular complexity index is 1130. The molecular formula is C45H76O5. The van der Waals surface area contributed by atoms with Gasteiger partial charge in [0.1, 0.15) is 5.78 Å². The highest BCUT2D eigenvalue weighted by Gasteiger charge is 2.56. The second kappa shape index (κ2) is 21.2. The van der Waals surface area contributed by atoms with Crippen molar-refractivity contribution in [3.63, 3.8) is 0 Å². The van der Waals surface area contributed by atoms with Crippen LogP contribution in [-0.2, 0) is 4.79 Å². The van der Waals surface area contributed by atoms with Crippen LogP contribution in [0.2, 0.25) is 0 Å². The standard InChI is InChI=1S/C45H76O5/c1-7-8-9-16-23-37(46)24-17-14-12-10-11-13-15-18-25-41(48)39-32-40-35(26-27-36-30-38(47)31-42(49)34(36)3)22-20-29-45(40,6)43(39)33(2)21-19-28-44(4,5)50/h14,17,26-27,33,37-40,42-43,46-47,49-50H,3,7-13,15-16,18-25,28-32H2,1-2,4-6H3/b17-14-,35-26+,36-27+/t33-,37?,38-,39?,40+,42+,43-,45+/m1/s1. The predicted molar refractivity (Wildman–Crippen MR) is 209 cm³/mol. The number of hydrogen-bond acceptors (Lipinski definition) is 5. The van der Waals surface area contributed by atoms with E-state index < -0.39 is 17.8 Å². The predicted octanol–water partition coefficient (Wildman–Crippen LogP) is 10.5. The smallest absolute Gasteiger partial charge is 0.136 e. The van der Waals surface area contributed by atoms with Crippen LogP contribution in [0.4, 0.5) is 0 Å². The van der Waals surface area contributed by atoms with Gasteiger partial charge in [0.2, 0.25) is 0 Å². The average Bonchev–Trinajstić information content (AvgIpc) is 3.38. The van der Waals surface area contributed by atoms with Crippen molar-refractivity contribution >= 4 is 5.78 Å². The van der Waals surface area contributed by atoms with Gasteiger partial charge in [0.25, 0.3) is 0 Å². The minimum atomic E-state index is -0.686. The molecule has 3 rings (SSSR count). The van der Waals surface area contributed by atoms with E-state index >= 15 is 0 Å². The summed E-state index contributed by atoms with van der Waals surface area (Å²) in [5, 5.41) is 41.2. The van der Waals surface area contributed by atoms with Crippen molar-refractivity contribution in [1.82, 2.24) is 0 Å². The van der Waals surface area contributed by atoms with Crippen LogP contribution in [0.25, 0.3) is 0 Å². The van der Waals surface area contributed by atoms with E-state index in [1.807, 2.05) is 13.8 Å². The lowest BCUT2D eigenvalue weighted by Gasteiger charge is -2.45. The van der Waals surface area contributed by atoms with E-state index in [2.05, 4.69) is 51.7 Å². The number of rotatable bonds is 22. The summed E-state index contributed by atoms with van der Waals surface area (Å²) in [7, 11) is 0. The van der Waals surface area contributed by atoms with Gasteiger partial charge >= 0.3 is 0 Å². The van der Waals surface area contributed by atoms with E-state index in [-0.39, 0.29) is 17.4 Å². The van der Waals surface area contributed by atoms with Crippen molar-refractivity contribution in [3.05, 3.63) is 47.6 Å². The molecule has 0 spiro atoms. The molecule has 0 aliphatic heterocycles. The summed E-state index contributed by atoms with van der Waals surface area (Å²) in [6.45, 7) is 14.9. The molecule has 3 aliphatic carbocycles. The zero-order valence-corrected chi connectivity index (χ0v) is 32.8. The Hall–Kier alpha value is -1.53. The summed E-state index contributed by atoms with van der Waals surface area (Å²) in [4.78, 5) is 14.1. The number of allylic oxidation sites excluding steroid dienone is 4. The molecule has 0 amide bonds. The summed E-state index contributed by atoms with van der Waals surface area (Å²) < 4.78 is 0. The zero-order chi connectivity index (χ0) is 36.7. The lowest BCUT2D eigenvalue weighted by molar-refractivity contribution is -0.125. The molecule has 0 heterocycles. The number of carbonyl (C=O) groups is 1. The first-order valence-electron chi connectivity index (χ1n) is 20.8. The summed E-state index contributed by atoms with van der Waals surface area (Å²) in [6, 6.07) is 0. The molecule has 3 fully saturated rings. The lowest BCUT2D eigenvalue weighted by Crippen LogP contribution is -2.38. The van der Waals surface area contributed by atoms with E-state index in [0.717, 1.165) is 94.6 Å². The van der Waals surface area contributed by atoms with Crippen LogP contribution in [0.1, 0.15) is 176 Å². The van der Waals surface area contributed by atoms with Gasteiger partial charge in [0.05, 0.1) is 23.9 Å². The quantitative estimate of drug-likeness (QED) is 0.0667. The van der Waals surface area contributed by atoms with Gasteiger partial charge in [-0.25, -0.2) is 0 Å². The van der Waals surface area contributed by atoms with E-state index in [1.54, 1.807) is 0 Å². The number of Topliss-reactive ketones (excluding diaryl/α,β-unsaturated/α-hetero) is 1. The summed E-state index contributed by atoms with van der Waals surface area (Å²) in [5.41, 5.74) is 2.50. The summed E-state index contributed by atoms with van der Waals surface area (Å²) in [5.74, 6) is 1.66. The highest BCUT2D eigenvalue weighted by molar-refractivity contribution is 5.82. The van der Waals surface area contributed by atoms with Crippen LogP contribution >= 0.6 is 0 Å². The molecule has 3 saturated carbocycles. The van der Waals surface area contributed by atoms with Crippen LogP contribution in [-0.4, -0.2) is 50.1 Å². The van der Waals surface area contributed by atoms with Gasteiger partial charge in [0, 0.05) is 18.8 Å². The van der Waals surface area contributed by atoms with Crippen LogP contribution in [0, 0.1) is 29.1 Å². The molecule has 4 N–H and O–H groups in total. The Morgan fingerprint density at radius 2 is 1.70 bits per heavy atom. The normalized spacial score (nSPS) is 30.3. The molecule has 2 unspecified atom stereocenters. The van der Waals surface area contributed by atoms with E-state index in [9.17, 15) is 25.2 Å². The van der Waals surface area contributed by atoms with E-state index in [4.69, 9.17) is 0 Å². The largest absolute Gasteiger partial charge is 0.393 e. The lowest BCUT2D eigenvalue weighted by atomic mass is 9.59. The van der Waals surface area contributed by atoms with Gasteiger partial charge in [-0.3, -0.25) is 4.79 Å². The maximum atomic E-state index is 14.1. The number of aliphatic hydroxyl groups is 4. The van der Waals surface area contributed by atoms with E-state index in [1.165, 1.54) is 44.1 Å². The Labute approximate surface area is 306 Å². The third-order valence-corrected chi connectivity index (χ3v) is 12.6. The zero-order valence-electron chi connectivity index (χ0n) is 32.8. The van der Waals surface area contributed by atoms with Gasteiger partial charge in [-0.15, -0.1) is 0 Å². The molecule has 8 atom stereocenters. The fourth-order valence-corrected chi connectivity index (χ4v) is 9.78. The second-order valence-electron chi connectivity index (χ2n) is 17.5. The monoisotopic (exact) mass is 697 g/mol. The van der Waals surface area contributed by atoms with Crippen molar-refractivity contribution in [2.75, 3.05) is 0 Å². The van der Waals surface area contributed by atoms with Crippen molar-refractivity contribution in [1.29, 1.82) is 0 Å². The first-order valence-corrected chi connectivity index (χ1v) is 20.8. The highest BCUT2D eigenvalue weighted by Crippen LogP contribution is 2.62. The average molecular weight is 697 g/mol. The third-order valence-electron chi connectivity index (χ3n) is 12.6. The Morgan fingerprint density at radius 3 is 2.44 bits per heavy atom. The first-order chi connectivity index (χ1) is 23.8. The number of fused-ring (bicyclic) bond motifs is 1. The maximum absolute atomic E-state index is 14.1. The van der Waals surface area contributed by atoms with Crippen molar-refractivity contribution in [2.45, 2.75) is 200 Å². The Balaban J connectivity index is 1.56. The van der Waals surface area contributed by atoms with Gasteiger partial charge in [-0.1, -0.05) is 115 Å². The number of carbonyl (C=O) groups excluding carboxylic acids is 1. The summed E-state index contributed by atoms with van der Waals surface area (Å²) >= 11 is 0. The number of aliphatic hydroxyl groups excluding tert-OH is 3. The number of unbranched alkanes of at least 4 members (excludes halogenated alkanes) is 8. The molecule has 286 valence electrons. The molecule has 0 aromatic rings. The molecule has 5 nitrogen and oxygen atoms in total. The van der Waals surface area contributed by atoms with Crippen molar-refractivity contribution in [2.24, 2.45) is 29.1 Å². The van der Waals surface area contributed by atoms with Gasteiger partial charge in [-0.05, 0) is 119 Å². The molecule has 0 aromatic carbocycles. The van der Waals surface area contributed by atoms with Crippen LogP contribution in [0.3, 0.4) is 0 Å². The molecule has 3 aliphatic rings. The Kier molecular flexibility index (Phi) is 18.2. The van der Waals surface area contributed by atoms with Crippen LogP contribution < -0.4 is 0 Å². The van der Waals surface area contributed by atoms with Gasteiger partial charge < -0.3 is 20.4 Å². The fraction of sp³-hybridized carbons (Fsp3) is 0.800. The topological polar surface area (TPSA) is 98.0 Å². The van der Waals surface area contributed by atoms with Crippen LogP contribution in [0.5, 0.6) is 0 Å². The Morgan fingerprint density at radius 1 is 0.980 bits per heavy atom. The van der Waals surface area contributed by atoms with Gasteiger partial charge in [0.15, 0.2) is 0 Å². The molecule has 0 radical (unpaired) electrons. The van der Waals surface area contributed by atoms with Crippen molar-refractivity contribution < 1.29 is 25.2 Å². The molecule has 0 saturated heterocycles. The third kappa shape index (κ3) is 13.5. The van der Waals surface area contributed by atoms with Gasteiger partial charge in [-0.2, -0.15) is 0 Å². The summed E-state index contributed by atoms with van der Waals surface area (Å²) in [6.07, 6.45) is 29.1. The number of ketones is 1. The molecular weight excluding hydrogens is 620 g/mol. The minimum absolute atomic E-state index is 0.0677. The highest BCUT2D eigenvalue weighted by atomic mass is 16.3. The second-order valence-corrected chi connectivity index (χ2v) is 17.5. The number of hydrogen-bond donors (Lipinski definition) is 4. The SMILES string of the molecule is C=C1/C(=C/C=C2\CCC[C@@]3(C)[C@H]2CC(C(=O)CCCCCCC/C=C\CC(O)CCCCCC)[C@H]3[C@H](C)CCCC(C)(C)O)C[C@@H](O)C[C@@H]1O. The molecule has 50 heavy (non-hydrogen) atoms. The first kappa shape index (κ1) is 42.9. The molecule has 5 heteroatoms. The molecule has 0 aromatic heterocycles.